The molecule has 1 aromatic rings. The number of nitrogen functional groups attached to an aromatic ring is 1. The van der Waals surface area contributed by atoms with Gasteiger partial charge in [-0.15, -0.1) is 0 Å². The van der Waals surface area contributed by atoms with Gasteiger partial charge in [-0.25, -0.2) is 0 Å². The highest BCUT2D eigenvalue weighted by Gasteiger charge is 2.44. The molecule has 94 valence electrons. The van der Waals surface area contributed by atoms with Gasteiger partial charge >= 0.3 is 6.18 Å². The summed E-state index contributed by atoms with van der Waals surface area (Å²) in [5.74, 6) is -0.659. The second-order valence-corrected chi connectivity index (χ2v) is 4.01. The van der Waals surface area contributed by atoms with E-state index in [1.165, 1.54) is 4.90 Å². The molecule has 1 atom stereocenters. The lowest BCUT2D eigenvalue weighted by molar-refractivity contribution is -0.168. The quantitative estimate of drug-likeness (QED) is 0.806. The number of nitrogens with zero attached hydrogens (tertiary/aromatic N) is 4. The molecule has 1 fully saturated rings. The monoisotopic (exact) mass is 247 g/mol. The Hall–Kier alpha value is -1.60. The highest BCUT2D eigenvalue weighted by molar-refractivity contribution is 5.35. The number of alkyl halides is 3. The molecule has 1 aliphatic rings. The molecule has 2 heterocycles. The number of nitrogens with two attached hydrogens (primary N) is 1. The molecule has 0 aliphatic carbocycles. The molecule has 1 unspecified atom stereocenters. The van der Waals surface area contributed by atoms with Crippen molar-refractivity contribution in [2.75, 3.05) is 23.7 Å². The fourth-order valence-corrected chi connectivity index (χ4v) is 1.84. The smallest absolute Gasteiger partial charge is 0.368 e. The van der Waals surface area contributed by atoms with Gasteiger partial charge in [0.2, 0.25) is 11.9 Å². The molecule has 2 N–H and O–H groups in total. The average molecular weight is 247 g/mol. The fraction of sp³-hybridized carbons (Fsp3) is 0.667. The minimum absolute atomic E-state index is 0.0305. The first kappa shape index (κ1) is 11.9. The van der Waals surface area contributed by atoms with Crippen LogP contribution in [0.25, 0.3) is 0 Å². The van der Waals surface area contributed by atoms with E-state index < -0.39 is 12.1 Å². The van der Waals surface area contributed by atoms with Crippen LogP contribution in [0.4, 0.5) is 25.1 Å². The zero-order valence-electron chi connectivity index (χ0n) is 9.20. The first-order valence-electron chi connectivity index (χ1n) is 5.16. The van der Waals surface area contributed by atoms with E-state index in [0.717, 1.165) is 0 Å². The molecule has 17 heavy (non-hydrogen) atoms. The van der Waals surface area contributed by atoms with Crippen LogP contribution in [-0.4, -0.2) is 34.2 Å². The maximum absolute atomic E-state index is 12.5. The second kappa shape index (κ2) is 4.01. The predicted molar refractivity (Wildman–Crippen MR) is 55.4 cm³/mol. The Morgan fingerprint density at radius 3 is 2.53 bits per heavy atom. The number of hydrogen-bond donors (Lipinski definition) is 1. The third-order valence-electron chi connectivity index (χ3n) is 2.69. The number of halogens is 3. The van der Waals surface area contributed by atoms with Crippen molar-refractivity contribution < 1.29 is 13.2 Å². The van der Waals surface area contributed by atoms with Gasteiger partial charge in [0.1, 0.15) is 5.82 Å². The summed E-state index contributed by atoms with van der Waals surface area (Å²) in [6, 6.07) is 0. The standard InChI is InChI=1S/C9H12F3N5/c1-5-14-7(13)16-8(15-5)17-3-2-6(4-17)9(10,11)12/h6H,2-4H2,1H3,(H2,13,14,15,16). The molecule has 0 saturated carbocycles. The summed E-state index contributed by atoms with van der Waals surface area (Å²) in [6.07, 6.45) is -4.10. The molecule has 1 aromatic heterocycles. The van der Waals surface area contributed by atoms with Gasteiger partial charge in [0.05, 0.1) is 5.92 Å². The highest BCUT2D eigenvalue weighted by atomic mass is 19.4. The van der Waals surface area contributed by atoms with Gasteiger partial charge < -0.3 is 10.6 Å². The average Bonchev–Trinajstić information content (AvgIpc) is 2.63. The van der Waals surface area contributed by atoms with Crippen molar-refractivity contribution in [3.63, 3.8) is 0 Å². The Labute approximate surface area is 95.9 Å². The van der Waals surface area contributed by atoms with Crippen LogP contribution in [-0.2, 0) is 0 Å². The van der Waals surface area contributed by atoms with E-state index in [0.29, 0.717) is 5.82 Å². The van der Waals surface area contributed by atoms with Gasteiger partial charge in [0, 0.05) is 13.1 Å². The lowest BCUT2D eigenvalue weighted by Crippen LogP contribution is -2.28. The third kappa shape index (κ3) is 2.56. The van der Waals surface area contributed by atoms with Crippen LogP contribution in [0.1, 0.15) is 12.2 Å². The minimum Gasteiger partial charge on any atom is -0.368 e. The SMILES string of the molecule is Cc1nc(N)nc(N2CCC(C(F)(F)F)C2)n1. The van der Waals surface area contributed by atoms with Gasteiger partial charge in [-0.05, 0) is 13.3 Å². The van der Waals surface area contributed by atoms with Crippen molar-refractivity contribution >= 4 is 11.9 Å². The Balaban J connectivity index is 2.15. The summed E-state index contributed by atoms with van der Waals surface area (Å²) in [5, 5.41) is 0. The van der Waals surface area contributed by atoms with Crippen molar-refractivity contribution in [2.24, 2.45) is 5.92 Å². The molecule has 0 aromatic carbocycles. The van der Waals surface area contributed by atoms with Crippen LogP contribution in [0.3, 0.4) is 0 Å². The van der Waals surface area contributed by atoms with Crippen LogP contribution >= 0.6 is 0 Å². The number of hydrogen-bond acceptors (Lipinski definition) is 5. The van der Waals surface area contributed by atoms with Crippen molar-refractivity contribution in [2.45, 2.75) is 19.5 Å². The van der Waals surface area contributed by atoms with Crippen LogP contribution in [0, 0.1) is 12.8 Å². The summed E-state index contributed by atoms with van der Waals surface area (Å²) in [4.78, 5) is 13.1. The van der Waals surface area contributed by atoms with Gasteiger partial charge in [-0.1, -0.05) is 0 Å². The Morgan fingerprint density at radius 1 is 1.29 bits per heavy atom. The van der Waals surface area contributed by atoms with E-state index in [1.54, 1.807) is 6.92 Å². The number of aryl methyl sites for hydroxylation is 1. The lowest BCUT2D eigenvalue weighted by Gasteiger charge is -2.17. The fourth-order valence-electron chi connectivity index (χ4n) is 1.84. The summed E-state index contributed by atoms with van der Waals surface area (Å²) < 4.78 is 37.5. The third-order valence-corrected chi connectivity index (χ3v) is 2.69. The van der Waals surface area contributed by atoms with E-state index in [9.17, 15) is 13.2 Å². The van der Waals surface area contributed by atoms with Crippen LogP contribution in [0.5, 0.6) is 0 Å². The molecule has 8 heteroatoms. The number of aromatic nitrogens is 3. The second-order valence-electron chi connectivity index (χ2n) is 4.01. The molecule has 1 aliphatic heterocycles. The largest absolute Gasteiger partial charge is 0.393 e. The van der Waals surface area contributed by atoms with E-state index in [4.69, 9.17) is 5.73 Å². The van der Waals surface area contributed by atoms with Crippen molar-refractivity contribution in [1.29, 1.82) is 0 Å². The first-order valence-corrected chi connectivity index (χ1v) is 5.16. The summed E-state index contributed by atoms with van der Waals surface area (Å²) in [7, 11) is 0. The maximum Gasteiger partial charge on any atom is 0.393 e. The van der Waals surface area contributed by atoms with E-state index in [2.05, 4.69) is 15.0 Å². The zero-order valence-corrected chi connectivity index (χ0v) is 9.20. The zero-order chi connectivity index (χ0) is 12.6. The van der Waals surface area contributed by atoms with Crippen molar-refractivity contribution in [3.05, 3.63) is 5.82 Å². The van der Waals surface area contributed by atoms with E-state index in [-0.39, 0.29) is 31.4 Å². The molecular weight excluding hydrogens is 235 g/mol. The topological polar surface area (TPSA) is 67.9 Å². The van der Waals surface area contributed by atoms with Crippen molar-refractivity contribution in [1.82, 2.24) is 15.0 Å². The minimum atomic E-state index is -4.16. The highest BCUT2D eigenvalue weighted by Crippen LogP contribution is 2.34. The van der Waals surface area contributed by atoms with Gasteiger partial charge in [0.15, 0.2) is 0 Å². The van der Waals surface area contributed by atoms with Crippen LogP contribution in [0.15, 0.2) is 0 Å². The summed E-state index contributed by atoms with van der Waals surface area (Å²) in [5.41, 5.74) is 5.44. The van der Waals surface area contributed by atoms with Crippen LogP contribution < -0.4 is 10.6 Å². The summed E-state index contributed by atoms with van der Waals surface area (Å²) >= 11 is 0. The van der Waals surface area contributed by atoms with E-state index >= 15 is 0 Å². The number of rotatable bonds is 1. The molecule has 2 rings (SSSR count). The van der Waals surface area contributed by atoms with Crippen LogP contribution in [0.2, 0.25) is 0 Å². The first-order chi connectivity index (χ1) is 7.86. The Morgan fingerprint density at radius 2 is 2.00 bits per heavy atom. The molecule has 5 nitrogen and oxygen atoms in total. The van der Waals surface area contributed by atoms with Gasteiger partial charge in [-0.3, -0.25) is 0 Å². The summed E-state index contributed by atoms with van der Waals surface area (Å²) in [6.45, 7) is 1.79. The van der Waals surface area contributed by atoms with Crippen molar-refractivity contribution in [3.8, 4) is 0 Å². The molecule has 0 radical (unpaired) electrons. The molecule has 0 spiro atoms. The molecule has 1 saturated heterocycles. The molecule has 0 bridgehead atoms. The Kier molecular flexibility index (Phi) is 2.80. The molecular formula is C9H12F3N5. The predicted octanol–water partition coefficient (Wildman–Crippen LogP) is 1.15. The number of anilines is 2. The normalized spacial score (nSPS) is 20.9. The van der Waals surface area contributed by atoms with E-state index in [1.807, 2.05) is 0 Å². The van der Waals surface area contributed by atoms with Gasteiger partial charge in [0.25, 0.3) is 0 Å². The Bertz CT molecular complexity index is 399. The maximum atomic E-state index is 12.5. The van der Waals surface area contributed by atoms with Gasteiger partial charge in [-0.2, -0.15) is 28.1 Å². The molecule has 0 amide bonds. The lowest BCUT2D eigenvalue weighted by atomic mass is 10.1.